The van der Waals surface area contributed by atoms with Crippen LogP contribution in [-0.4, -0.2) is 47.8 Å². The SMILES string of the molecule is CC(C)Cc1ccc(C(=O)N2CCO[C@H]3C[C@H](CO)C[C@@H]32)cc1. The van der Waals surface area contributed by atoms with Crippen molar-refractivity contribution >= 4 is 5.91 Å². The Morgan fingerprint density at radius 3 is 2.70 bits per heavy atom. The molecule has 126 valence electrons. The molecule has 3 atom stereocenters. The molecule has 1 saturated heterocycles. The lowest BCUT2D eigenvalue weighted by Crippen LogP contribution is -2.51. The number of amides is 1. The lowest BCUT2D eigenvalue weighted by atomic mass is 10.0. The van der Waals surface area contributed by atoms with Crippen LogP contribution in [0.2, 0.25) is 0 Å². The van der Waals surface area contributed by atoms with E-state index in [1.807, 2.05) is 17.0 Å². The van der Waals surface area contributed by atoms with Gasteiger partial charge in [0.2, 0.25) is 0 Å². The summed E-state index contributed by atoms with van der Waals surface area (Å²) in [5, 5.41) is 9.40. The second-order valence-corrected chi connectivity index (χ2v) is 7.29. The lowest BCUT2D eigenvalue weighted by Gasteiger charge is -2.37. The minimum absolute atomic E-state index is 0.0880. The quantitative estimate of drug-likeness (QED) is 0.928. The fraction of sp³-hybridized carbons (Fsp3) is 0.632. The number of carbonyl (C=O) groups is 1. The van der Waals surface area contributed by atoms with Crippen LogP contribution >= 0.6 is 0 Å². The highest BCUT2D eigenvalue weighted by Crippen LogP contribution is 2.34. The Labute approximate surface area is 138 Å². The zero-order chi connectivity index (χ0) is 16.4. The van der Waals surface area contributed by atoms with Gasteiger partial charge in [-0.2, -0.15) is 0 Å². The van der Waals surface area contributed by atoms with Gasteiger partial charge in [-0.1, -0.05) is 26.0 Å². The number of carbonyl (C=O) groups excluding carboxylic acids is 1. The molecule has 0 spiro atoms. The number of morpholine rings is 1. The Kier molecular flexibility index (Phi) is 5.02. The van der Waals surface area contributed by atoms with Gasteiger partial charge < -0.3 is 14.7 Å². The van der Waals surface area contributed by atoms with E-state index >= 15 is 0 Å². The molecule has 1 amide bonds. The molecule has 1 aliphatic heterocycles. The molecule has 0 radical (unpaired) electrons. The van der Waals surface area contributed by atoms with Crippen LogP contribution in [0.5, 0.6) is 0 Å². The Balaban J connectivity index is 1.71. The molecule has 1 heterocycles. The van der Waals surface area contributed by atoms with Gasteiger partial charge in [-0.3, -0.25) is 4.79 Å². The van der Waals surface area contributed by atoms with Crippen LogP contribution in [0, 0.1) is 11.8 Å². The van der Waals surface area contributed by atoms with Crippen LogP contribution in [0.1, 0.15) is 42.6 Å². The molecule has 2 fully saturated rings. The summed E-state index contributed by atoms with van der Waals surface area (Å²) in [5.41, 5.74) is 2.03. The van der Waals surface area contributed by atoms with Gasteiger partial charge in [-0.25, -0.2) is 0 Å². The van der Waals surface area contributed by atoms with Crippen molar-refractivity contribution in [3.63, 3.8) is 0 Å². The maximum absolute atomic E-state index is 12.9. The number of benzene rings is 1. The van der Waals surface area contributed by atoms with Gasteiger partial charge in [0, 0.05) is 18.7 Å². The fourth-order valence-corrected chi connectivity index (χ4v) is 3.87. The molecule has 0 bridgehead atoms. The van der Waals surface area contributed by atoms with Gasteiger partial charge in [0.15, 0.2) is 0 Å². The van der Waals surface area contributed by atoms with Crippen LogP contribution in [0.4, 0.5) is 0 Å². The molecular weight excluding hydrogens is 290 g/mol. The molecule has 1 N–H and O–H groups in total. The van der Waals surface area contributed by atoms with Gasteiger partial charge in [0.05, 0.1) is 18.8 Å². The molecule has 2 aliphatic rings. The van der Waals surface area contributed by atoms with Crippen molar-refractivity contribution in [2.75, 3.05) is 19.8 Å². The number of rotatable bonds is 4. The van der Waals surface area contributed by atoms with Crippen LogP contribution in [-0.2, 0) is 11.2 Å². The molecule has 1 saturated carbocycles. The third-order valence-electron chi connectivity index (χ3n) is 5.00. The summed E-state index contributed by atoms with van der Waals surface area (Å²) >= 11 is 0. The Bertz CT molecular complexity index is 540. The normalized spacial score (nSPS) is 27.3. The van der Waals surface area contributed by atoms with E-state index < -0.39 is 0 Å². The zero-order valence-electron chi connectivity index (χ0n) is 14.1. The summed E-state index contributed by atoms with van der Waals surface area (Å²) in [7, 11) is 0. The molecule has 23 heavy (non-hydrogen) atoms. The fourth-order valence-electron chi connectivity index (χ4n) is 3.87. The second kappa shape index (κ2) is 7.02. The topological polar surface area (TPSA) is 49.8 Å². The van der Waals surface area contributed by atoms with E-state index in [-0.39, 0.29) is 30.6 Å². The van der Waals surface area contributed by atoms with E-state index in [4.69, 9.17) is 4.74 Å². The smallest absolute Gasteiger partial charge is 0.254 e. The van der Waals surface area contributed by atoms with Crippen LogP contribution in [0.25, 0.3) is 0 Å². The molecule has 0 aromatic heterocycles. The lowest BCUT2D eigenvalue weighted by molar-refractivity contribution is -0.0448. The second-order valence-electron chi connectivity index (χ2n) is 7.29. The molecule has 1 aliphatic carbocycles. The molecule has 1 aromatic rings. The minimum Gasteiger partial charge on any atom is -0.396 e. The highest BCUT2D eigenvalue weighted by molar-refractivity contribution is 5.94. The molecule has 4 heteroatoms. The summed E-state index contributed by atoms with van der Waals surface area (Å²) in [6.45, 7) is 5.82. The van der Waals surface area contributed by atoms with Gasteiger partial charge >= 0.3 is 0 Å². The minimum atomic E-state index is 0.0880. The number of fused-ring (bicyclic) bond motifs is 1. The largest absolute Gasteiger partial charge is 0.396 e. The van der Waals surface area contributed by atoms with E-state index in [1.165, 1.54) is 5.56 Å². The molecule has 1 aromatic carbocycles. The van der Waals surface area contributed by atoms with Crippen LogP contribution in [0.3, 0.4) is 0 Å². The van der Waals surface area contributed by atoms with Crippen molar-refractivity contribution in [1.29, 1.82) is 0 Å². The molecular formula is C19H27NO3. The van der Waals surface area contributed by atoms with Crippen molar-refractivity contribution < 1.29 is 14.6 Å². The zero-order valence-corrected chi connectivity index (χ0v) is 14.1. The van der Waals surface area contributed by atoms with E-state index in [9.17, 15) is 9.90 Å². The van der Waals surface area contributed by atoms with E-state index in [0.29, 0.717) is 19.1 Å². The van der Waals surface area contributed by atoms with Gasteiger partial charge in [-0.15, -0.1) is 0 Å². The summed E-state index contributed by atoms with van der Waals surface area (Å²) in [4.78, 5) is 14.8. The van der Waals surface area contributed by atoms with Crippen molar-refractivity contribution in [1.82, 2.24) is 4.90 Å². The van der Waals surface area contributed by atoms with Crippen LogP contribution < -0.4 is 0 Å². The predicted molar refractivity (Wildman–Crippen MR) is 89.4 cm³/mol. The number of hydrogen-bond acceptors (Lipinski definition) is 3. The first-order valence-electron chi connectivity index (χ1n) is 8.71. The van der Waals surface area contributed by atoms with E-state index in [2.05, 4.69) is 26.0 Å². The first kappa shape index (κ1) is 16.5. The van der Waals surface area contributed by atoms with E-state index in [1.54, 1.807) is 0 Å². The number of nitrogens with zero attached hydrogens (tertiary/aromatic N) is 1. The Morgan fingerprint density at radius 1 is 1.30 bits per heavy atom. The van der Waals surface area contributed by atoms with Crippen molar-refractivity contribution in [3.05, 3.63) is 35.4 Å². The molecule has 3 rings (SSSR count). The summed E-state index contributed by atoms with van der Waals surface area (Å²) in [6.07, 6.45) is 2.83. The van der Waals surface area contributed by atoms with Crippen molar-refractivity contribution in [2.24, 2.45) is 11.8 Å². The van der Waals surface area contributed by atoms with Gasteiger partial charge in [0.25, 0.3) is 5.91 Å². The average molecular weight is 317 g/mol. The molecule has 0 unspecified atom stereocenters. The number of aliphatic hydroxyl groups excluding tert-OH is 1. The summed E-state index contributed by atoms with van der Waals surface area (Å²) in [5.74, 6) is 0.968. The maximum Gasteiger partial charge on any atom is 0.254 e. The van der Waals surface area contributed by atoms with Gasteiger partial charge in [-0.05, 0) is 48.8 Å². The highest BCUT2D eigenvalue weighted by Gasteiger charge is 2.42. The number of hydrogen-bond donors (Lipinski definition) is 1. The third kappa shape index (κ3) is 3.59. The third-order valence-corrected chi connectivity index (χ3v) is 5.00. The number of aliphatic hydroxyl groups is 1. The standard InChI is InChI=1S/C19H27NO3/c1-13(2)9-14-3-5-16(6-4-14)19(22)20-7-8-23-18-11-15(12-21)10-17(18)20/h3-6,13,15,17-18,21H,7-12H2,1-2H3/t15-,17+,18+/m1/s1. The predicted octanol–water partition coefficient (Wildman–Crippen LogP) is 2.50. The maximum atomic E-state index is 12.9. The summed E-state index contributed by atoms with van der Waals surface area (Å²) in [6, 6.07) is 8.14. The Hall–Kier alpha value is -1.39. The summed E-state index contributed by atoms with van der Waals surface area (Å²) < 4.78 is 5.81. The average Bonchev–Trinajstić information content (AvgIpc) is 2.97. The molecule has 4 nitrogen and oxygen atoms in total. The van der Waals surface area contributed by atoms with E-state index in [0.717, 1.165) is 24.8 Å². The van der Waals surface area contributed by atoms with Crippen molar-refractivity contribution in [2.45, 2.75) is 45.3 Å². The first-order chi connectivity index (χ1) is 11.1. The monoisotopic (exact) mass is 317 g/mol. The van der Waals surface area contributed by atoms with Crippen LogP contribution in [0.15, 0.2) is 24.3 Å². The van der Waals surface area contributed by atoms with Crippen molar-refractivity contribution in [3.8, 4) is 0 Å². The Morgan fingerprint density at radius 2 is 2.04 bits per heavy atom. The first-order valence-corrected chi connectivity index (χ1v) is 8.71. The van der Waals surface area contributed by atoms with Gasteiger partial charge in [0.1, 0.15) is 0 Å². The number of ether oxygens (including phenoxy) is 1. The highest BCUT2D eigenvalue weighted by atomic mass is 16.5.